The van der Waals surface area contributed by atoms with Crippen molar-refractivity contribution in [3.8, 4) is 11.3 Å². The maximum absolute atomic E-state index is 10.7. The van der Waals surface area contributed by atoms with E-state index in [1.165, 1.54) is 31.4 Å². The van der Waals surface area contributed by atoms with Crippen LogP contribution >= 0.6 is 0 Å². The van der Waals surface area contributed by atoms with Crippen LogP contribution in [0.1, 0.15) is 37.5 Å². The summed E-state index contributed by atoms with van der Waals surface area (Å²) in [7, 11) is 0. The summed E-state index contributed by atoms with van der Waals surface area (Å²) in [5, 5.41) is 14.2. The summed E-state index contributed by atoms with van der Waals surface area (Å²) in [4.78, 5) is 18.1. The van der Waals surface area contributed by atoms with E-state index in [1.807, 2.05) is 0 Å². The third-order valence-corrected chi connectivity index (χ3v) is 3.87. The van der Waals surface area contributed by atoms with Crippen LogP contribution in [0.5, 0.6) is 0 Å². The predicted molar refractivity (Wildman–Crippen MR) is 79.9 cm³/mol. The van der Waals surface area contributed by atoms with Crippen LogP contribution in [0.15, 0.2) is 30.5 Å². The van der Waals surface area contributed by atoms with Gasteiger partial charge in [0.05, 0.1) is 22.9 Å². The molecule has 6 nitrogen and oxygen atoms in total. The molecule has 2 heterocycles. The minimum Gasteiger partial charge on any atom is -0.341 e. The first-order valence-electron chi connectivity index (χ1n) is 7.27. The van der Waals surface area contributed by atoms with Gasteiger partial charge in [-0.05, 0) is 31.5 Å². The summed E-state index contributed by atoms with van der Waals surface area (Å²) in [5.74, 6) is 0.949. The number of imidazole rings is 1. The second kappa shape index (κ2) is 6.05. The molecule has 110 valence electrons. The zero-order valence-electron chi connectivity index (χ0n) is 11.7. The van der Waals surface area contributed by atoms with Crippen LogP contribution in [-0.2, 0) is 0 Å². The van der Waals surface area contributed by atoms with E-state index in [-0.39, 0.29) is 11.7 Å². The zero-order chi connectivity index (χ0) is 14.7. The molecule has 0 aliphatic carbocycles. The molecule has 1 aliphatic heterocycles. The number of aromatic amines is 1. The van der Waals surface area contributed by atoms with Gasteiger partial charge in [-0.1, -0.05) is 12.8 Å². The molecule has 0 amide bonds. The Hall–Kier alpha value is -2.21. The predicted octanol–water partition coefficient (Wildman–Crippen LogP) is 3.19. The number of nitrogens with zero attached hydrogens (tertiary/aromatic N) is 2. The first-order chi connectivity index (χ1) is 10.2. The number of non-ortho nitro benzene ring substituents is 1. The molecule has 6 heteroatoms. The smallest absolute Gasteiger partial charge is 0.269 e. The lowest BCUT2D eigenvalue weighted by Gasteiger charge is -2.12. The number of aromatic nitrogens is 2. The number of nitrogens with one attached hydrogen (secondary N) is 2. The lowest BCUT2D eigenvalue weighted by atomic mass is 10.1. The van der Waals surface area contributed by atoms with Crippen molar-refractivity contribution in [3.63, 3.8) is 0 Å². The van der Waals surface area contributed by atoms with Crippen molar-refractivity contribution in [2.45, 2.75) is 31.7 Å². The summed E-state index contributed by atoms with van der Waals surface area (Å²) in [5.41, 5.74) is 1.91. The first-order valence-corrected chi connectivity index (χ1v) is 7.27. The number of rotatable bonds is 3. The van der Waals surface area contributed by atoms with Gasteiger partial charge in [0.25, 0.3) is 5.69 Å². The van der Waals surface area contributed by atoms with Crippen LogP contribution in [0, 0.1) is 10.1 Å². The van der Waals surface area contributed by atoms with Gasteiger partial charge in [0.2, 0.25) is 0 Å². The van der Waals surface area contributed by atoms with Gasteiger partial charge in [-0.3, -0.25) is 10.1 Å². The maximum Gasteiger partial charge on any atom is 0.269 e. The molecular formula is C15H18N4O2. The van der Waals surface area contributed by atoms with E-state index in [0.29, 0.717) is 0 Å². The highest BCUT2D eigenvalue weighted by Crippen LogP contribution is 2.25. The molecule has 0 bridgehead atoms. The first kappa shape index (κ1) is 13.8. The molecule has 2 aromatic rings. The average Bonchev–Trinajstić information content (AvgIpc) is 2.83. The van der Waals surface area contributed by atoms with Crippen molar-refractivity contribution in [1.29, 1.82) is 0 Å². The molecule has 1 aromatic carbocycles. The van der Waals surface area contributed by atoms with E-state index in [9.17, 15) is 10.1 Å². The van der Waals surface area contributed by atoms with E-state index in [0.717, 1.165) is 30.0 Å². The van der Waals surface area contributed by atoms with Crippen LogP contribution in [0.3, 0.4) is 0 Å². The van der Waals surface area contributed by atoms with Crippen molar-refractivity contribution >= 4 is 5.69 Å². The summed E-state index contributed by atoms with van der Waals surface area (Å²) in [6.45, 7) is 1.03. The van der Waals surface area contributed by atoms with E-state index in [2.05, 4.69) is 15.3 Å². The van der Waals surface area contributed by atoms with Crippen LogP contribution in [-0.4, -0.2) is 21.4 Å². The van der Waals surface area contributed by atoms with Crippen LogP contribution < -0.4 is 5.32 Å². The number of H-pyrrole nitrogens is 1. The molecule has 1 unspecified atom stereocenters. The van der Waals surface area contributed by atoms with Gasteiger partial charge in [0.1, 0.15) is 5.82 Å². The number of hydrogen-bond donors (Lipinski definition) is 2. The highest BCUT2D eigenvalue weighted by molar-refractivity contribution is 5.60. The number of nitro benzene ring substituents is 1. The van der Waals surface area contributed by atoms with E-state index < -0.39 is 4.92 Å². The van der Waals surface area contributed by atoms with Crippen molar-refractivity contribution in [1.82, 2.24) is 15.3 Å². The van der Waals surface area contributed by atoms with Gasteiger partial charge in [-0.2, -0.15) is 0 Å². The average molecular weight is 286 g/mol. The van der Waals surface area contributed by atoms with Crippen LogP contribution in [0.25, 0.3) is 11.3 Å². The highest BCUT2D eigenvalue weighted by Gasteiger charge is 2.17. The maximum atomic E-state index is 10.7. The fourth-order valence-electron chi connectivity index (χ4n) is 2.69. The Balaban J connectivity index is 1.79. The molecule has 1 aliphatic rings. The molecule has 0 radical (unpaired) electrons. The standard InChI is InChI=1S/C15H18N4O2/c20-19(21)12-7-5-11(6-8-12)14-10-17-15(18-14)13-4-2-1-3-9-16-13/h5-8,10,13,16H,1-4,9H2,(H,17,18). The molecule has 1 atom stereocenters. The lowest BCUT2D eigenvalue weighted by Crippen LogP contribution is -2.21. The molecule has 1 fully saturated rings. The number of hydrogen-bond acceptors (Lipinski definition) is 4. The topological polar surface area (TPSA) is 83.8 Å². The van der Waals surface area contributed by atoms with Crippen LogP contribution in [0.2, 0.25) is 0 Å². The molecule has 2 N–H and O–H groups in total. The second-order valence-corrected chi connectivity index (χ2v) is 5.34. The molecular weight excluding hydrogens is 268 g/mol. The summed E-state index contributed by atoms with van der Waals surface area (Å²) >= 11 is 0. The summed E-state index contributed by atoms with van der Waals surface area (Å²) in [6, 6.07) is 6.80. The molecule has 3 rings (SSSR count). The van der Waals surface area contributed by atoms with Crippen LogP contribution in [0.4, 0.5) is 5.69 Å². The number of benzene rings is 1. The monoisotopic (exact) mass is 286 g/mol. The fraction of sp³-hybridized carbons (Fsp3) is 0.400. The third-order valence-electron chi connectivity index (χ3n) is 3.87. The molecule has 1 aromatic heterocycles. The SMILES string of the molecule is O=[N+]([O-])c1ccc(-c2cnc(C3CCCCCN3)[nH]2)cc1. The van der Waals surface area contributed by atoms with E-state index in [1.54, 1.807) is 18.3 Å². The molecule has 0 saturated carbocycles. The van der Waals surface area contributed by atoms with Crippen molar-refractivity contribution in [2.75, 3.05) is 6.54 Å². The Labute approximate surface area is 122 Å². The zero-order valence-corrected chi connectivity index (χ0v) is 11.7. The Morgan fingerprint density at radius 1 is 1.19 bits per heavy atom. The van der Waals surface area contributed by atoms with Gasteiger partial charge >= 0.3 is 0 Å². The Morgan fingerprint density at radius 2 is 2.00 bits per heavy atom. The Kier molecular flexibility index (Phi) is 3.96. The summed E-state index contributed by atoms with van der Waals surface area (Å²) < 4.78 is 0. The van der Waals surface area contributed by atoms with E-state index >= 15 is 0 Å². The van der Waals surface area contributed by atoms with Gasteiger partial charge in [0, 0.05) is 17.7 Å². The molecule has 1 saturated heterocycles. The van der Waals surface area contributed by atoms with Gasteiger partial charge in [-0.25, -0.2) is 4.98 Å². The van der Waals surface area contributed by atoms with Gasteiger partial charge in [-0.15, -0.1) is 0 Å². The lowest BCUT2D eigenvalue weighted by molar-refractivity contribution is -0.384. The Morgan fingerprint density at radius 3 is 2.76 bits per heavy atom. The highest BCUT2D eigenvalue weighted by atomic mass is 16.6. The minimum absolute atomic E-state index is 0.101. The van der Waals surface area contributed by atoms with Crippen molar-refractivity contribution in [3.05, 3.63) is 46.4 Å². The summed E-state index contributed by atoms with van der Waals surface area (Å²) in [6.07, 6.45) is 6.58. The quantitative estimate of drug-likeness (QED) is 0.670. The minimum atomic E-state index is -0.391. The molecule has 21 heavy (non-hydrogen) atoms. The normalized spacial score (nSPS) is 19.1. The van der Waals surface area contributed by atoms with Crippen molar-refractivity contribution in [2.24, 2.45) is 0 Å². The number of nitro groups is 1. The molecule has 0 spiro atoms. The van der Waals surface area contributed by atoms with E-state index in [4.69, 9.17) is 0 Å². The fourth-order valence-corrected chi connectivity index (χ4v) is 2.69. The second-order valence-electron chi connectivity index (χ2n) is 5.34. The third kappa shape index (κ3) is 3.11. The van der Waals surface area contributed by atoms with Crippen molar-refractivity contribution < 1.29 is 4.92 Å². The largest absolute Gasteiger partial charge is 0.341 e. The van der Waals surface area contributed by atoms with Gasteiger partial charge < -0.3 is 10.3 Å². The van der Waals surface area contributed by atoms with Gasteiger partial charge in [0.15, 0.2) is 0 Å². The Bertz CT molecular complexity index is 613.